The third-order valence-corrected chi connectivity index (χ3v) is 5.03. The van der Waals surface area contributed by atoms with Crippen molar-refractivity contribution >= 4 is 23.0 Å². The molecule has 1 aromatic heterocycles. The minimum Gasteiger partial charge on any atom is -0.324 e. The molecule has 10 heteroatoms. The van der Waals surface area contributed by atoms with Crippen molar-refractivity contribution < 1.29 is 31.1 Å². The van der Waals surface area contributed by atoms with Gasteiger partial charge in [-0.25, -0.2) is 0 Å². The van der Waals surface area contributed by atoms with Crippen LogP contribution in [-0.4, -0.2) is 16.6 Å². The predicted octanol–water partition coefficient (Wildman–Crippen LogP) is 6.56. The number of hydrogen-bond donors (Lipinski definition) is 1. The first kappa shape index (κ1) is 22.5. The molecule has 0 bridgehead atoms. The summed E-state index contributed by atoms with van der Waals surface area (Å²) in [5.74, 6) is -0.689. The highest BCUT2D eigenvalue weighted by Gasteiger charge is 2.44. The van der Waals surface area contributed by atoms with Gasteiger partial charge in [0.2, 0.25) is 5.91 Å². The number of nitrogens with one attached hydrogen (secondary N) is 1. The Kier molecular flexibility index (Phi) is 5.47. The van der Waals surface area contributed by atoms with E-state index in [-0.39, 0.29) is 18.2 Å². The van der Waals surface area contributed by atoms with Crippen molar-refractivity contribution in [3.05, 3.63) is 77.1 Å². The van der Waals surface area contributed by atoms with E-state index >= 15 is 0 Å². The molecular formula is C23H15F6N3O. The maximum atomic E-state index is 13.4. The summed E-state index contributed by atoms with van der Waals surface area (Å²) in [7, 11) is 0. The second-order valence-electron chi connectivity index (χ2n) is 7.46. The molecular weight excluding hydrogens is 448 g/mol. The van der Waals surface area contributed by atoms with Gasteiger partial charge in [0.05, 0.1) is 34.6 Å². The van der Waals surface area contributed by atoms with Crippen LogP contribution in [-0.2, 0) is 17.1 Å². The monoisotopic (exact) mass is 463 g/mol. The number of aryl methyl sites for hydroxylation is 1. The summed E-state index contributed by atoms with van der Waals surface area (Å²) in [6.07, 6.45) is -9.22. The fourth-order valence-electron chi connectivity index (χ4n) is 3.55. The van der Waals surface area contributed by atoms with Crippen LogP contribution in [0.25, 0.3) is 11.1 Å². The number of halogens is 6. The number of anilines is 1. The van der Waals surface area contributed by atoms with Crippen LogP contribution >= 0.6 is 0 Å². The second kappa shape index (κ2) is 8.02. The van der Waals surface area contributed by atoms with E-state index in [0.717, 1.165) is 16.8 Å². The Morgan fingerprint density at radius 1 is 0.848 bits per heavy atom. The molecule has 170 valence electrons. The number of carbonyl (C=O) groups excluding carboxylic acids is 1. The number of fused-ring (bicyclic) bond motifs is 1. The van der Waals surface area contributed by atoms with E-state index in [1.165, 1.54) is 0 Å². The van der Waals surface area contributed by atoms with Gasteiger partial charge in [-0.3, -0.25) is 14.8 Å². The summed E-state index contributed by atoms with van der Waals surface area (Å²) in [5, 5.41) is 2.24. The molecule has 1 amide bonds. The van der Waals surface area contributed by atoms with Gasteiger partial charge in [-0.2, -0.15) is 26.3 Å². The Bertz CT molecular complexity index is 1280. The zero-order valence-electron chi connectivity index (χ0n) is 17.0. The van der Waals surface area contributed by atoms with E-state index in [4.69, 9.17) is 0 Å². The first-order chi connectivity index (χ1) is 15.4. The van der Waals surface area contributed by atoms with Crippen molar-refractivity contribution in [1.82, 2.24) is 4.98 Å². The molecule has 0 saturated carbocycles. The number of amides is 1. The van der Waals surface area contributed by atoms with Crippen LogP contribution in [0.2, 0.25) is 0 Å². The number of pyridine rings is 1. The molecule has 3 aromatic rings. The predicted molar refractivity (Wildman–Crippen MR) is 110 cm³/mol. The van der Waals surface area contributed by atoms with Crippen molar-refractivity contribution in [2.75, 3.05) is 5.32 Å². The smallest absolute Gasteiger partial charge is 0.324 e. The minimum atomic E-state index is -5.26. The quantitative estimate of drug-likeness (QED) is 0.438. The molecule has 0 spiro atoms. The minimum absolute atomic E-state index is 0.131. The van der Waals surface area contributed by atoms with E-state index in [1.54, 1.807) is 36.5 Å². The van der Waals surface area contributed by atoms with Crippen LogP contribution in [0, 0.1) is 6.92 Å². The summed E-state index contributed by atoms with van der Waals surface area (Å²) in [6, 6.07) is 11.0. The van der Waals surface area contributed by atoms with E-state index in [0.29, 0.717) is 11.6 Å². The number of aliphatic imine (C=N–C) groups is 1. The van der Waals surface area contributed by atoms with Gasteiger partial charge in [0.25, 0.3) is 0 Å². The fraction of sp³-hybridized carbons (Fsp3) is 0.174. The van der Waals surface area contributed by atoms with Crippen LogP contribution in [0.1, 0.15) is 28.8 Å². The topological polar surface area (TPSA) is 54.4 Å². The van der Waals surface area contributed by atoms with Crippen LogP contribution in [0.5, 0.6) is 0 Å². The summed E-state index contributed by atoms with van der Waals surface area (Å²) in [6.45, 7) is 1.82. The van der Waals surface area contributed by atoms with Gasteiger partial charge in [-0.05, 0) is 53.9 Å². The summed E-state index contributed by atoms with van der Waals surface area (Å²) in [5.41, 5.74) is -1.63. The van der Waals surface area contributed by atoms with Gasteiger partial charge in [-0.1, -0.05) is 18.2 Å². The van der Waals surface area contributed by atoms with Gasteiger partial charge in [-0.15, -0.1) is 0 Å². The largest absolute Gasteiger partial charge is 0.417 e. The Morgan fingerprint density at radius 2 is 1.48 bits per heavy atom. The van der Waals surface area contributed by atoms with E-state index < -0.39 is 40.8 Å². The van der Waals surface area contributed by atoms with Crippen molar-refractivity contribution in [1.29, 1.82) is 0 Å². The lowest BCUT2D eigenvalue weighted by atomic mass is 9.99. The van der Waals surface area contributed by atoms with Gasteiger partial charge in [0.1, 0.15) is 0 Å². The third kappa shape index (κ3) is 4.74. The van der Waals surface area contributed by atoms with Crippen LogP contribution in [0.15, 0.2) is 59.7 Å². The highest BCUT2D eigenvalue weighted by Crippen LogP contribution is 2.45. The molecule has 2 aromatic carbocycles. The standard InChI is InChI=1S/C23H15F6N3O/c1-12-7-14(5-6-30-12)13-3-2-4-15(8-13)18-11-21(33)32-20-10-17(23(27,28)29)16(22(24,25)26)9-19(20)31-18/h2-10H,11H2,1H3,(H,32,33). The fourth-order valence-corrected chi connectivity index (χ4v) is 3.55. The Hall–Kier alpha value is -3.69. The molecule has 0 fully saturated rings. The van der Waals surface area contributed by atoms with Gasteiger partial charge >= 0.3 is 12.4 Å². The first-order valence-corrected chi connectivity index (χ1v) is 9.65. The summed E-state index contributed by atoms with van der Waals surface area (Å²) < 4.78 is 79.9. The Morgan fingerprint density at radius 3 is 2.15 bits per heavy atom. The lowest BCUT2D eigenvalue weighted by Crippen LogP contribution is -2.18. The molecule has 0 radical (unpaired) electrons. The lowest BCUT2D eigenvalue weighted by molar-refractivity contribution is -0.162. The number of rotatable bonds is 2. The average Bonchev–Trinajstić information content (AvgIpc) is 2.89. The number of benzene rings is 2. The zero-order chi connectivity index (χ0) is 24.0. The van der Waals surface area contributed by atoms with Gasteiger partial charge in [0.15, 0.2) is 0 Å². The van der Waals surface area contributed by atoms with Crippen molar-refractivity contribution in [3.8, 4) is 11.1 Å². The Balaban J connectivity index is 1.86. The first-order valence-electron chi connectivity index (χ1n) is 9.65. The number of alkyl halides is 6. The molecule has 1 aliphatic rings. The average molecular weight is 463 g/mol. The lowest BCUT2D eigenvalue weighted by Gasteiger charge is -2.18. The van der Waals surface area contributed by atoms with Crippen molar-refractivity contribution in [2.24, 2.45) is 4.99 Å². The molecule has 1 aliphatic heterocycles. The van der Waals surface area contributed by atoms with Gasteiger partial charge in [0, 0.05) is 11.9 Å². The molecule has 2 heterocycles. The zero-order valence-corrected chi connectivity index (χ0v) is 17.0. The number of nitrogens with zero attached hydrogens (tertiary/aromatic N) is 2. The molecule has 33 heavy (non-hydrogen) atoms. The van der Waals surface area contributed by atoms with Crippen LogP contribution in [0.3, 0.4) is 0 Å². The molecule has 4 rings (SSSR count). The highest BCUT2D eigenvalue weighted by atomic mass is 19.4. The molecule has 0 unspecified atom stereocenters. The molecule has 0 saturated heterocycles. The molecule has 0 atom stereocenters. The normalized spacial score (nSPS) is 14.3. The van der Waals surface area contributed by atoms with E-state index in [9.17, 15) is 31.1 Å². The molecule has 0 aliphatic carbocycles. The number of carbonyl (C=O) groups is 1. The van der Waals surface area contributed by atoms with E-state index in [1.807, 2.05) is 13.0 Å². The number of aromatic nitrogens is 1. The summed E-state index contributed by atoms with van der Waals surface area (Å²) in [4.78, 5) is 20.7. The number of hydrogen-bond acceptors (Lipinski definition) is 3. The Labute approximate surface area is 184 Å². The van der Waals surface area contributed by atoms with Crippen molar-refractivity contribution in [3.63, 3.8) is 0 Å². The maximum Gasteiger partial charge on any atom is 0.417 e. The SMILES string of the molecule is Cc1cc(-c2cccc(C3=Nc4cc(C(F)(F)F)c(C(F)(F)F)cc4NC(=O)C3)c2)ccn1. The maximum absolute atomic E-state index is 13.4. The van der Waals surface area contributed by atoms with E-state index in [2.05, 4.69) is 15.3 Å². The molecule has 4 nitrogen and oxygen atoms in total. The summed E-state index contributed by atoms with van der Waals surface area (Å²) >= 11 is 0. The second-order valence-corrected chi connectivity index (χ2v) is 7.46. The van der Waals surface area contributed by atoms with Gasteiger partial charge < -0.3 is 5.32 Å². The van der Waals surface area contributed by atoms with Crippen LogP contribution in [0.4, 0.5) is 37.7 Å². The third-order valence-electron chi connectivity index (χ3n) is 5.03. The van der Waals surface area contributed by atoms with Crippen LogP contribution < -0.4 is 5.32 Å². The molecule has 1 N–H and O–H groups in total. The van der Waals surface area contributed by atoms with Crippen molar-refractivity contribution in [2.45, 2.75) is 25.7 Å². The highest BCUT2D eigenvalue weighted by molar-refractivity contribution is 6.17.